The molecule has 5 heteroatoms. The van der Waals surface area contributed by atoms with Gasteiger partial charge >= 0.3 is 0 Å². The lowest BCUT2D eigenvalue weighted by Gasteiger charge is -2.04. The predicted molar refractivity (Wildman–Crippen MR) is 66.4 cm³/mol. The second kappa shape index (κ2) is 8.24. The van der Waals surface area contributed by atoms with Gasteiger partial charge in [0.25, 0.3) is 0 Å². The minimum atomic E-state index is 0.664. The normalized spacial score (nSPS) is 10.8. The van der Waals surface area contributed by atoms with Crippen LogP contribution in [0.2, 0.25) is 0 Å². The molecule has 0 atom stereocenters. The Bertz CT molecular complexity index is 268. The third-order valence-corrected chi connectivity index (χ3v) is 3.36. The molecule has 1 aromatic heterocycles. The summed E-state index contributed by atoms with van der Waals surface area (Å²) in [4.78, 5) is 0. The lowest BCUT2D eigenvalue weighted by Crippen LogP contribution is -2.19. The van der Waals surface area contributed by atoms with Crippen molar-refractivity contribution in [2.75, 3.05) is 33.5 Å². The summed E-state index contributed by atoms with van der Waals surface area (Å²) in [5.41, 5.74) is 1.31. The number of rotatable bonds is 8. The molecule has 0 saturated carbocycles. The molecule has 1 rings (SSSR count). The van der Waals surface area contributed by atoms with Crippen LogP contribution in [0.4, 0.5) is 0 Å². The zero-order valence-electron chi connectivity index (χ0n) is 8.79. The second-order valence-electron chi connectivity index (χ2n) is 3.04. The third kappa shape index (κ3) is 6.27. The van der Waals surface area contributed by atoms with Gasteiger partial charge in [-0.2, -0.15) is 0 Å². The Morgan fingerprint density at radius 3 is 2.93 bits per heavy atom. The van der Waals surface area contributed by atoms with Crippen molar-refractivity contribution >= 4 is 27.3 Å². The van der Waals surface area contributed by atoms with E-state index in [1.807, 2.05) is 0 Å². The van der Waals surface area contributed by atoms with E-state index < -0.39 is 0 Å². The molecule has 15 heavy (non-hydrogen) atoms. The molecule has 0 aromatic carbocycles. The molecule has 0 aliphatic rings. The third-order valence-electron chi connectivity index (χ3n) is 1.81. The number of hydrogen-bond donors (Lipinski definition) is 1. The standard InChI is InChI=1S/C10H16BrNO2S/c1-13-4-5-14-3-2-12-7-9-6-10(11)15-8-9/h6,8,12H,2-5,7H2,1H3. The van der Waals surface area contributed by atoms with E-state index in [0.29, 0.717) is 13.2 Å². The molecule has 0 fully saturated rings. The maximum Gasteiger partial charge on any atom is 0.0701 e. The summed E-state index contributed by atoms with van der Waals surface area (Å²) in [6, 6.07) is 2.13. The van der Waals surface area contributed by atoms with E-state index in [2.05, 4.69) is 32.7 Å². The van der Waals surface area contributed by atoms with E-state index >= 15 is 0 Å². The van der Waals surface area contributed by atoms with E-state index in [9.17, 15) is 0 Å². The van der Waals surface area contributed by atoms with Crippen LogP contribution in [0.25, 0.3) is 0 Å². The first kappa shape index (κ1) is 13.1. The maximum atomic E-state index is 5.32. The molecule has 1 aromatic rings. The summed E-state index contributed by atoms with van der Waals surface area (Å²) in [5.74, 6) is 0. The highest BCUT2D eigenvalue weighted by Crippen LogP contribution is 2.20. The van der Waals surface area contributed by atoms with Crippen molar-refractivity contribution < 1.29 is 9.47 Å². The van der Waals surface area contributed by atoms with E-state index in [0.717, 1.165) is 19.7 Å². The number of methoxy groups -OCH3 is 1. The zero-order valence-corrected chi connectivity index (χ0v) is 11.2. The molecule has 0 amide bonds. The SMILES string of the molecule is COCCOCCNCc1csc(Br)c1. The van der Waals surface area contributed by atoms with Crippen LogP contribution in [0.3, 0.4) is 0 Å². The van der Waals surface area contributed by atoms with E-state index in [1.165, 1.54) is 9.35 Å². The fraction of sp³-hybridized carbons (Fsp3) is 0.600. The van der Waals surface area contributed by atoms with E-state index in [1.54, 1.807) is 18.4 Å². The Hall–Kier alpha value is 0.0600. The molecule has 1 heterocycles. The topological polar surface area (TPSA) is 30.5 Å². The minimum absolute atomic E-state index is 0.664. The van der Waals surface area contributed by atoms with Crippen LogP contribution in [0.5, 0.6) is 0 Å². The Balaban J connectivity index is 1.93. The van der Waals surface area contributed by atoms with Crippen LogP contribution in [-0.2, 0) is 16.0 Å². The van der Waals surface area contributed by atoms with E-state index in [4.69, 9.17) is 9.47 Å². The monoisotopic (exact) mass is 293 g/mol. The predicted octanol–water partition coefficient (Wildman–Crippen LogP) is 2.26. The van der Waals surface area contributed by atoms with Gasteiger partial charge in [-0.1, -0.05) is 0 Å². The molecule has 0 aliphatic carbocycles. The van der Waals surface area contributed by atoms with Gasteiger partial charge in [-0.15, -0.1) is 11.3 Å². The second-order valence-corrected chi connectivity index (χ2v) is 5.33. The Morgan fingerprint density at radius 2 is 2.27 bits per heavy atom. The van der Waals surface area contributed by atoms with Crippen LogP contribution in [0, 0.1) is 0 Å². The molecule has 86 valence electrons. The van der Waals surface area contributed by atoms with Crippen LogP contribution >= 0.6 is 27.3 Å². The number of ether oxygens (including phenoxy) is 2. The van der Waals surface area contributed by atoms with Gasteiger partial charge < -0.3 is 14.8 Å². The molecule has 0 spiro atoms. The molecule has 1 N–H and O–H groups in total. The molecule has 0 unspecified atom stereocenters. The Labute approximate surface area is 103 Å². The molecule has 0 radical (unpaired) electrons. The summed E-state index contributed by atoms with van der Waals surface area (Å²) in [5, 5.41) is 5.45. The van der Waals surface area contributed by atoms with Crippen molar-refractivity contribution in [1.29, 1.82) is 0 Å². The lowest BCUT2D eigenvalue weighted by atomic mass is 10.3. The first-order valence-electron chi connectivity index (χ1n) is 4.83. The van der Waals surface area contributed by atoms with Crippen molar-refractivity contribution in [1.82, 2.24) is 5.32 Å². The summed E-state index contributed by atoms with van der Waals surface area (Å²) < 4.78 is 11.4. The number of thiophene rings is 1. The molecule has 3 nitrogen and oxygen atoms in total. The van der Waals surface area contributed by atoms with Crippen molar-refractivity contribution in [2.45, 2.75) is 6.54 Å². The number of nitrogens with one attached hydrogen (secondary N) is 1. The largest absolute Gasteiger partial charge is 0.382 e. The molecule has 0 bridgehead atoms. The maximum absolute atomic E-state index is 5.32. The first-order chi connectivity index (χ1) is 7.33. The van der Waals surface area contributed by atoms with Gasteiger partial charge in [0.1, 0.15) is 0 Å². The van der Waals surface area contributed by atoms with Gasteiger partial charge in [0.15, 0.2) is 0 Å². The molecular formula is C10H16BrNO2S. The first-order valence-corrected chi connectivity index (χ1v) is 6.50. The van der Waals surface area contributed by atoms with Gasteiger partial charge in [-0.25, -0.2) is 0 Å². The summed E-state index contributed by atoms with van der Waals surface area (Å²) in [6.45, 7) is 3.83. The molecule has 0 saturated heterocycles. The quantitative estimate of drug-likeness (QED) is 0.746. The van der Waals surface area contributed by atoms with Crippen molar-refractivity contribution in [2.24, 2.45) is 0 Å². The highest BCUT2D eigenvalue weighted by atomic mass is 79.9. The van der Waals surface area contributed by atoms with Crippen LogP contribution in [-0.4, -0.2) is 33.5 Å². The summed E-state index contributed by atoms with van der Waals surface area (Å²) >= 11 is 5.14. The Kier molecular flexibility index (Phi) is 7.21. The lowest BCUT2D eigenvalue weighted by molar-refractivity contribution is 0.0719. The smallest absolute Gasteiger partial charge is 0.0701 e. The van der Waals surface area contributed by atoms with Gasteiger partial charge in [-0.3, -0.25) is 0 Å². The van der Waals surface area contributed by atoms with Gasteiger partial charge in [0.05, 0.1) is 23.6 Å². The van der Waals surface area contributed by atoms with Crippen LogP contribution in [0.1, 0.15) is 5.56 Å². The number of hydrogen-bond acceptors (Lipinski definition) is 4. The van der Waals surface area contributed by atoms with E-state index in [-0.39, 0.29) is 0 Å². The van der Waals surface area contributed by atoms with Gasteiger partial charge in [0, 0.05) is 20.2 Å². The average molecular weight is 294 g/mol. The van der Waals surface area contributed by atoms with Crippen molar-refractivity contribution in [3.63, 3.8) is 0 Å². The summed E-state index contributed by atoms with van der Waals surface area (Å²) in [6.07, 6.45) is 0. The minimum Gasteiger partial charge on any atom is -0.382 e. The zero-order chi connectivity index (χ0) is 10.9. The van der Waals surface area contributed by atoms with Crippen molar-refractivity contribution in [3.8, 4) is 0 Å². The summed E-state index contributed by atoms with van der Waals surface area (Å²) in [7, 11) is 1.68. The average Bonchev–Trinajstić information content (AvgIpc) is 2.63. The van der Waals surface area contributed by atoms with Gasteiger partial charge in [-0.05, 0) is 32.9 Å². The van der Waals surface area contributed by atoms with Crippen LogP contribution in [0.15, 0.2) is 15.2 Å². The fourth-order valence-corrected chi connectivity index (χ4v) is 2.27. The highest BCUT2D eigenvalue weighted by molar-refractivity contribution is 9.11. The number of halogens is 1. The van der Waals surface area contributed by atoms with Crippen molar-refractivity contribution in [3.05, 3.63) is 20.8 Å². The molecule has 0 aliphatic heterocycles. The highest BCUT2D eigenvalue weighted by Gasteiger charge is 1.96. The fourth-order valence-electron chi connectivity index (χ4n) is 1.06. The van der Waals surface area contributed by atoms with Gasteiger partial charge in [0.2, 0.25) is 0 Å². The molecular weight excluding hydrogens is 278 g/mol. The van der Waals surface area contributed by atoms with Crippen LogP contribution < -0.4 is 5.32 Å². The Morgan fingerprint density at radius 1 is 1.40 bits per heavy atom.